The van der Waals surface area contributed by atoms with Gasteiger partial charge in [0.1, 0.15) is 11.4 Å². The Hall–Kier alpha value is -1.79. The highest BCUT2D eigenvalue weighted by Gasteiger charge is 2.44. The van der Waals surface area contributed by atoms with Gasteiger partial charge in [-0.1, -0.05) is 30.3 Å². The molecule has 1 N–H and O–H groups in total. The molecule has 3 aliphatic rings. The summed E-state index contributed by atoms with van der Waals surface area (Å²) in [5.41, 5.74) is 4.69. The molecule has 0 saturated carbocycles. The largest absolute Gasteiger partial charge is 0.361 e. The van der Waals surface area contributed by atoms with Gasteiger partial charge in [0.05, 0.1) is 6.61 Å². The zero-order valence-corrected chi connectivity index (χ0v) is 19.7. The molecule has 0 aliphatic carbocycles. The molecule has 3 heterocycles. The van der Waals surface area contributed by atoms with Gasteiger partial charge in [-0.25, -0.2) is 4.39 Å². The van der Waals surface area contributed by atoms with E-state index >= 15 is 0 Å². The number of hydrogen-bond donors (Lipinski definition) is 1. The van der Waals surface area contributed by atoms with E-state index in [1.165, 1.54) is 29.5 Å². The zero-order chi connectivity index (χ0) is 22.3. The summed E-state index contributed by atoms with van der Waals surface area (Å²) in [6, 6.07) is 14.5. The van der Waals surface area contributed by atoms with Crippen LogP contribution < -0.4 is 5.32 Å². The zero-order valence-electron chi connectivity index (χ0n) is 19.7. The van der Waals surface area contributed by atoms with Crippen LogP contribution in [0.15, 0.2) is 42.5 Å². The second kappa shape index (κ2) is 8.53. The van der Waals surface area contributed by atoms with Crippen molar-refractivity contribution in [2.24, 2.45) is 0 Å². The molecule has 2 aromatic carbocycles. The molecule has 2 aromatic rings. The van der Waals surface area contributed by atoms with Crippen molar-refractivity contribution in [2.45, 2.75) is 55.9 Å². The predicted molar refractivity (Wildman–Crippen MR) is 126 cm³/mol. The van der Waals surface area contributed by atoms with Gasteiger partial charge in [0.15, 0.2) is 0 Å². The van der Waals surface area contributed by atoms with E-state index in [1.807, 2.05) is 12.1 Å². The molecule has 5 rings (SSSR count). The van der Waals surface area contributed by atoms with Crippen LogP contribution in [0.4, 0.5) is 4.39 Å². The van der Waals surface area contributed by atoms with Gasteiger partial charge in [-0.15, -0.1) is 0 Å². The normalized spacial score (nSPS) is 29.6. The molecular formula is C27H36FN3O. The maximum absolute atomic E-state index is 13.7. The number of nitrogens with one attached hydrogen (secondary N) is 1. The summed E-state index contributed by atoms with van der Waals surface area (Å²) in [7, 11) is 6.45. The first kappa shape index (κ1) is 22.0. The molecule has 32 heavy (non-hydrogen) atoms. The van der Waals surface area contributed by atoms with Gasteiger partial charge >= 0.3 is 0 Å². The van der Waals surface area contributed by atoms with Gasteiger partial charge < -0.3 is 19.9 Å². The summed E-state index contributed by atoms with van der Waals surface area (Å²) >= 11 is 0. The van der Waals surface area contributed by atoms with E-state index in [1.54, 1.807) is 12.1 Å². The highest BCUT2D eigenvalue weighted by atomic mass is 19.1. The van der Waals surface area contributed by atoms with E-state index in [9.17, 15) is 4.39 Å². The van der Waals surface area contributed by atoms with E-state index in [0.717, 1.165) is 44.5 Å². The van der Waals surface area contributed by atoms with Crippen molar-refractivity contribution in [1.82, 2.24) is 15.1 Å². The molecular weight excluding hydrogens is 401 g/mol. The first-order chi connectivity index (χ1) is 15.4. The monoisotopic (exact) mass is 437 g/mol. The molecule has 2 bridgehead atoms. The Morgan fingerprint density at radius 3 is 2.78 bits per heavy atom. The molecule has 4 nitrogen and oxygen atoms in total. The summed E-state index contributed by atoms with van der Waals surface area (Å²) in [5.74, 6) is -0.204. The van der Waals surface area contributed by atoms with Crippen LogP contribution in [-0.4, -0.2) is 62.2 Å². The first-order valence-corrected chi connectivity index (χ1v) is 12.0. The van der Waals surface area contributed by atoms with Crippen molar-refractivity contribution < 1.29 is 9.13 Å². The predicted octanol–water partition coefficient (Wildman–Crippen LogP) is 3.92. The van der Waals surface area contributed by atoms with Crippen molar-refractivity contribution in [1.29, 1.82) is 0 Å². The molecule has 2 fully saturated rings. The fraction of sp³-hybridized carbons (Fsp3) is 0.556. The average Bonchev–Trinajstić information content (AvgIpc) is 3.26. The van der Waals surface area contributed by atoms with E-state index in [4.69, 9.17) is 4.74 Å². The number of likely N-dealkylation sites (tertiary alicyclic amines) is 1. The third-order valence-electron chi connectivity index (χ3n) is 7.65. The number of hydrogen-bond acceptors (Lipinski definition) is 4. The number of nitrogens with zero attached hydrogens (tertiary/aromatic N) is 2. The fourth-order valence-corrected chi connectivity index (χ4v) is 6.34. The molecule has 0 amide bonds. The third-order valence-corrected chi connectivity index (χ3v) is 7.65. The highest BCUT2D eigenvalue weighted by Crippen LogP contribution is 2.46. The molecule has 0 spiro atoms. The Balaban J connectivity index is 1.43. The minimum absolute atomic E-state index is 0.200. The Morgan fingerprint density at radius 1 is 1.19 bits per heavy atom. The minimum atomic E-state index is -0.488. The Morgan fingerprint density at radius 2 is 2.00 bits per heavy atom. The molecule has 5 heteroatoms. The number of rotatable bonds is 7. The van der Waals surface area contributed by atoms with Crippen LogP contribution in [0, 0.1) is 5.82 Å². The van der Waals surface area contributed by atoms with Gasteiger partial charge in [0.2, 0.25) is 0 Å². The summed E-state index contributed by atoms with van der Waals surface area (Å²) < 4.78 is 20.2. The van der Waals surface area contributed by atoms with Crippen molar-refractivity contribution in [3.63, 3.8) is 0 Å². The summed E-state index contributed by atoms with van der Waals surface area (Å²) in [6.45, 7) is 3.89. The van der Waals surface area contributed by atoms with Crippen LogP contribution in [0.2, 0.25) is 0 Å². The van der Waals surface area contributed by atoms with Gasteiger partial charge in [-0.05, 0) is 94.2 Å². The third kappa shape index (κ3) is 4.12. The van der Waals surface area contributed by atoms with E-state index in [0.29, 0.717) is 12.6 Å². The molecule has 3 aliphatic heterocycles. The van der Waals surface area contributed by atoms with Crippen LogP contribution in [-0.2, 0) is 23.4 Å². The fourth-order valence-electron chi connectivity index (χ4n) is 6.34. The van der Waals surface area contributed by atoms with Gasteiger partial charge in [0.25, 0.3) is 0 Å². The quantitative estimate of drug-likeness (QED) is 0.711. The lowest BCUT2D eigenvalue weighted by atomic mass is 9.80. The smallest absolute Gasteiger partial charge is 0.123 e. The molecule has 3 atom stereocenters. The van der Waals surface area contributed by atoms with Crippen LogP contribution in [0.25, 0.3) is 0 Å². The SMILES string of the molecule is CN(C)CCCC1(c2ccc(F)cc2)OCc2cc(CC34CCC(CN(C)C3)N4)ccc21. The van der Waals surface area contributed by atoms with E-state index < -0.39 is 5.60 Å². The Labute approximate surface area is 191 Å². The van der Waals surface area contributed by atoms with E-state index in [2.05, 4.69) is 54.5 Å². The lowest BCUT2D eigenvalue weighted by Crippen LogP contribution is -2.59. The number of benzene rings is 2. The molecule has 3 unspecified atom stereocenters. The van der Waals surface area contributed by atoms with Crippen LogP contribution >= 0.6 is 0 Å². The number of likely N-dealkylation sites (N-methyl/N-ethyl adjacent to an activating group) is 1. The minimum Gasteiger partial charge on any atom is -0.361 e. The van der Waals surface area contributed by atoms with Gasteiger partial charge in [-0.2, -0.15) is 0 Å². The molecule has 172 valence electrons. The summed E-state index contributed by atoms with van der Waals surface area (Å²) in [5, 5.41) is 3.92. The number of piperazine rings is 1. The summed E-state index contributed by atoms with van der Waals surface area (Å²) in [6.07, 6.45) is 5.50. The lowest BCUT2D eigenvalue weighted by Gasteiger charge is -2.40. The topological polar surface area (TPSA) is 27.7 Å². The van der Waals surface area contributed by atoms with Crippen molar-refractivity contribution in [3.8, 4) is 0 Å². The number of halogens is 1. The average molecular weight is 438 g/mol. The second-order valence-electron chi connectivity index (χ2n) is 10.6. The standard InChI is InChI=1S/C27H36FN3O/c1-30(2)14-4-12-27(22-6-8-23(28)9-7-22)25-10-5-20(15-21(25)18-32-27)16-26-13-11-24(29-26)17-31(3)19-26/h5-10,15,24,29H,4,11-14,16-19H2,1-3H3. The van der Waals surface area contributed by atoms with Crippen molar-refractivity contribution >= 4 is 0 Å². The van der Waals surface area contributed by atoms with E-state index in [-0.39, 0.29) is 11.4 Å². The van der Waals surface area contributed by atoms with Crippen LogP contribution in [0.1, 0.15) is 47.9 Å². The van der Waals surface area contributed by atoms with Gasteiger partial charge in [0, 0.05) is 24.7 Å². The van der Waals surface area contributed by atoms with Crippen LogP contribution in [0.3, 0.4) is 0 Å². The van der Waals surface area contributed by atoms with Crippen molar-refractivity contribution in [3.05, 3.63) is 70.5 Å². The van der Waals surface area contributed by atoms with Gasteiger partial charge in [-0.3, -0.25) is 0 Å². The second-order valence-corrected chi connectivity index (χ2v) is 10.6. The first-order valence-electron chi connectivity index (χ1n) is 12.0. The van der Waals surface area contributed by atoms with Crippen molar-refractivity contribution in [2.75, 3.05) is 40.8 Å². The Bertz CT molecular complexity index is 962. The number of ether oxygens (including phenoxy) is 1. The van der Waals surface area contributed by atoms with Crippen LogP contribution in [0.5, 0.6) is 0 Å². The lowest BCUT2D eigenvalue weighted by molar-refractivity contribution is -0.0140. The maximum Gasteiger partial charge on any atom is 0.123 e. The molecule has 0 aromatic heterocycles. The maximum atomic E-state index is 13.7. The number of fused-ring (bicyclic) bond motifs is 3. The summed E-state index contributed by atoms with van der Waals surface area (Å²) in [4.78, 5) is 4.69. The molecule has 2 saturated heterocycles. The highest BCUT2D eigenvalue weighted by molar-refractivity contribution is 5.46. The Kier molecular flexibility index (Phi) is 5.87. The molecule has 0 radical (unpaired) electrons.